The first kappa shape index (κ1) is 21.3. The van der Waals surface area contributed by atoms with Crippen molar-refractivity contribution >= 4 is 23.1 Å². The van der Waals surface area contributed by atoms with Crippen LogP contribution in [0.3, 0.4) is 0 Å². The molecular formula is C23H23ClF2O3. The van der Waals surface area contributed by atoms with Gasteiger partial charge in [-0.3, -0.25) is 4.79 Å². The summed E-state index contributed by atoms with van der Waals surface area (Å²) in [7, 11) is 0. The summed E-state index contributed by atoms with van der Waals surface area (Å²) >= 11 is 5.93. The monoisotopic (exact) mass is 420 g/mol. The van der Waals surface area contributed by atoms with Crippen molar-refractivity contribution in [3.63, 3.8) is 0 Å². The SMILES string of the molecule is Cc1cc(CCC(=O)O)ccc1OCC1=C(c2ccc(Cl)cc2)CC(F)(F)CC1. The number of carboxylic acids is 1. The quantitative estimate of drug-likeness (QED) is 0.570. The van der Waals surface area contributed by atoms with Gasteiger partial charge in [-0.25, -0.2) is 8.78 Å². The molecule has 0 atom stereocenters. The van der Waals surface area contributed by atoms with Gasteiger partial charge in [-0.05, 0) is 65.8 Å². The summed E-state index contributed by atoms with van der Waals surface area (Å²) in [5, 5.41) is 9.37. The summed E-state index contributed by atoms with van der Waals surface area (Å²) in [4.78, 5) is 10.7. The Hall–Kier alpha value is -2.40. The topological polar surface area (TPSA) is 46.5 Å². The van der Waals surface area contributed by atoms with E-state index in [0.29, 0.717) is 22.8 Å². The molecule has 0 heterocycles. The molecule has 0 saturated carbocycles. The van der Waals surface area contributed by atoms with Gasteiger partial charge in [0.1, 0.15) is 12.4 Å². The van der Waals surface area contributed by atoms with Crippen molar-refractivity contribution in [2.24, 2.45) is 0 Å². The zero-order valence-corrected chi connectivity index (χ0v) is 16.9. The Labute approximate surface area is 174 Å². The number of rotatable bonds is 7. The van der Waals surface area contributed by atoms with Crippen molar-refractivity contribution in [3.8, 4) is 5.75 Å². The lowest BCUT2D eigenvalue weighted by Gasteiger charge is -2.28. The first-order valence-electron chi connectivity index (χ1n) is 9.52. The molecule has 1 aliphatic rings. The van der Waals surface area contributed by atoms with E-state index in [-0.39, 0.29) is 32.3 Å². The lowest BCUT2D eigenvalue weighted by atomic mass is 9.85. The summed E-state index contributed by atoms with van der Waals surface area (Å²) in [6, 6.07) is 12.5. The molecule has 0 unspecified atom stereocenters. The molecule has 2 aromatic carbocycles. The van der Waals surface area contributed by atoms with Crippen molar-refractivity contribution in [3.05, 3.63) is 69.8 Å². The van der Waals surface area contributed by atoms with Gasteiger partial charge in [0.15, 0.2) is 0 Å². The van der Waals surface area contributed by atoms with Crippen molar-refractivity contribution in [2.45, 2.75) is 45.0 Å². The van der Waals surface area contributed by atoms with E-state index in [1.807, 2.05) is 25.1 Å². The van der Waals surface area contributed by atoms with Gasteiger partial charge >= 0.3 is 5.97 Å². The number of carboxylic acid groups (broad SMARTS) is 1. The molecule has 0 fully saturated rings. The first-order valence-corrected chi connectivity index (χ1v) is 9.90. The number of hydrogen-bond donors (Lipinski definition) is 1. The maximum absolute atomic E-state index is 14.1. The van der Waals surface area contributed by atoms with Crippen molar-refractivity contribution in [1.82, 2.24) is 0 Å². The van der Waals surface area contributed by atoms with Crippen LogP contribution in [0.1, 0.15) is 42.4 Å². The van der Waals surface area contributed by atoms with Crippen LogP contribution in [0.25, 0.3) is 5.57 Å². The molecule has 3 nitrogen and oxygen atoms in total. The Morgan fingerprint density at radius 1 is 1.21 bits per heavy atom. The predicted octanol–water partition coefficient (Wildman–Crippen LogP) is 6.32. The third-order valence-electron chi connectivity index (χ3n) is 5.12. The lowest BCUT2D eigenvalue weighted by molar-refractivity contribution is -0.136. The minimum absolute atomic E-state index is 0.0746. The first-order chi connectivity index (χ1) is 13.7. The van der Waals surface area contributed by atoms with Crippen LogP contribution in [-0.4, -0.2) is 23.6 Å². The standard InChI is InChI=1S/C23H23ClF2O3/c1-15-12-16(3-9-22(27)28)2-8-21(15)29-14-18-10-11-23(25,26)13-20(18)17-4-6-19(24)7-5-17/h2,4-8,12H,3,9-11,13-14H2,1H3,(H,27,28). The Morgan fingerprint density at radius 2 is 1.93 bits per heavy atom. The normalized spacial score (nSPS) is 16.0. The van der Waals surface area contributed by atoms with Crippen LogP contribution < -0.4 is 4.74 Å². The van der Waals surface area contributed by atoms with Crippen molar-refractivity contribution < 1.29 is 23.4 Å². The second-order valence-corrected chi connectivity index (χ2v) is 7.84. The number of allylic oxidation sites excluding steroid dienone is 1. The van der Waals surface area contributed by atoms with Crippen LogP contribution in [-0.2, 0) is 11.2 Å². The van der Waals surface area contributed by atoms with Gasteiger partial charge < -0.3 is 9.84 Å². The number of carbonyl (C=O) groups is 1. The van der Waals surface area contributed by atoms with E-state index in [1.165, 1.54) is 0 Å². The minimum atomic E-state index is -2.72. The highest BCUT2D eigenvalue weighted by Gasteiger charge is 2.35. The lowest BCUT2D eigenvalue weighted by Crippen LogP contribution is -2.23. The number of halogens is 3. The second kappa shape index (κ2) is 8.95. The molecule has 1 aliphatic carbocycles. The maximum atomic E-state index is 14.1. The van der Waals surface area contributed by atoms with Crippen LogP contribution in [0.15, 0.2) is 48.0 Å². The van der Waals surface area contributed by atoms with Gasteiger partial charge in [0.25, 0.3) is 5.92 Å². The van der Waals surface area contributed by atoms with E-state index in [0.717, 1.165) is 22.3 Å². The molecule has 2 aromatic rings. The molecule has 0 aromatic heterocycles. The zero-order valence-electron chi connectivity index (χ0n) is 16.2. The second-order valence-electron chi connectivity index (χ2n) is 7.40. The number of hydrogen-bond acceptors (Lipinski definition) is 2. The fraction of sp³-hybridized carbons (Fsp3) is 0.348. The van der Waals surface area contributed by atoms with E-state index in [1.54, 1.807) is 24.3 Å². The fourth-order valence-corrected chi connectivity index (χ4v) is 3.64. The smallest absolute Gasteiger partial charge is 0.303 e. The van der Waals surface area contributed by atoms with Crippen molar-refractivity contribution in [2.75, 3.05) is 6.61 Å². The molecule has 0 aliphatic heterocycles. The van der Waals surface area contributed by atoms with Gasteiger partial charge in [0.2, 0.25) is 0 Å². The summed E-state index contributed by atoms with van der Waals surface area (Å²) in [6.45, 7) is 2.13. The van der Waals surface area contributed by atoms with Gasteiger partial charge in [0.05, 0.1) is 0 Å². The summed E-state index contributed by atoms with van der Waals surface area (Å²) in [5.74, 6) is -2.89. The van der Waals surface area contributed by atoms with Gasteiger partial charge in [-0.2, -0.15) is 0 Å². The Bertz CT molecular complexity index is 920. The van der Waals surface area contributed by atoms with Crippen LogP contribution in [0.4, 0.5) is 8.78 Å². The molecular weight excluding hydrogens is 398 g/mol. The van der Waals surface area contributed by atoms with Crippen LogP contribution in [0, 0.1) is 6.92 Å². The summed E-state index contributed by atoms with van der Waals surface area (Å²) in [5.41, 5.74) is 4.05. The van der Waals surface area contributed by atoms with Crippen LogP contribution in [0.5, 0.6) is 5.75 Å². The molecule has 0 saturated heterocycles. The Kier molecular flexibility index (Phi) is 6.58. The third-order valence-corrected chi connectivity index (χ3v) is 5.37. The zero-order chi connectivity index (χ0) is 21.0. The molecule has 0 spiro atoms. The molecule has 3 rings (SSSR count). The number of alkyl halides is 2. The van der Waals surface area contributed by atoms with E-state index in [2.05, 4.69) is 0 Å². The molecule has 0 radical (unpaired) electrons. The third kappa shape index (κ3) is 5.80. The van der Waals surface area contributed by atoms with Crippen LogP contribution >= 0.6 is 11.6 Å². The van der Waals surface area contributed by atoms with Gasteiger partial charge in [0, 0.05) is 24.3 Å². The number of aryl methyl sites for hydroxylation is 2. The highest BCUT2D eigenvalue weighted by Crippen LogP contribution is 2.41. The molecule has 1 N–H and O–H groups in total. The number of aliphatic carboxylic acids is 1. The van der Waals surface area contributed by atoms with Crippen LogP contribution in [0.2, 0.25) is 5.02 Å². The Balaban J connectivity index is 1.78. The maximum Gasteiger partial charge on any atom is 0.303 e. The van der Waals surface area contributed by atoms with Gasteiger partial charge in [-0.15, -0.1) is 0 Å². The molecule has 0 bridgehead atoms. The molecule has 0 amide bonds. The van der Waals surface area contributed by atoms with E-state index in [4.69, 9.17) is 21.4 Å². The molecule has 6 heteroatoms. The fourth-order valence-electron chi connectivity index (χ4n) is 3.52. The highest BCUT2D eigenvalue weighted by atomic mass is 35.5. The number of benzene rings is 2. The highest BCUT2D eigenvalue weighted by molar-refractivity contribution is 6.30. The van der Waals surface area contributed by atoms with E-state index < -0.39 is 11.9 Å². The minimum Gasteiger partial charge on any atom is -0.489 e. The summed E-state index contributed by atoms with van der Waals surface area (Å²) < 4.78 is 34.1. The van der Waals surface area contributed by atoms with E-state index in [9.17, 15) is 13.6 Å². The average molecular weight is 421 g/mol. The predicted molar refractivity (Wildman–Crippen MR) is 110 cm³/mol. The molecule has 29 heavy (non-hydrogen) atoms. The van der Waals surface area contributed by atoms with Crippen molar-refractivity contribution in [1.29, 1.82) is 0 Å². The largest absolute Gasteiger partial charge is 0.489 e. The average Bonchev–Trinajstić information content (AvgIpc) is 2.66. The number of ether oxygens (including phenoxy) is 1. The Morgan fingerprint density at radius 3 is 2.59 bits per heavy atom. The van der Waals surface area contributed by atoms with E-state index >= 15 is 0 Å². The molecule has 154 valence electrons. The van der Waals surface area contributed by atoms with Gasteiger partial charge in [-0.1, -0.05) is 35.9 Å². The summed E-state index contributed by atoms with van der Waals surface area (Å²) in [6.07, 6.45) is 0.319.